The Balaban J connectivity index is 1.69. The Morgan fingerprint density at radius 3 is 2.65 bits per heavy atom. The Hall–Kier alpha value is -2.63. The van der Waals surface area contributed by atoms with Crippen LogP contribution in [-0.2, 0) is 10.0 Å². The molecule has 12 heteroatoms. The molecule has 2 heterocycles. The molecule has 2 unspecified atom stereocenters. The van der Waals surface area contributed by atoms with Crippen LogP contribution in [0.15, 0.2) is 29.3 Å². The Bertz CT molecular complexity index is 1100. The minimum atomic E-state index is -4.36. The Morgan fingerprint density at radius 2 is 2.03 bits per heavy atom. The van der Waals surface area contributed by atoms with E-state index in [4.69, 9.17) is 4.74 Å². The summed E-state index contributed by atoms with van der Waals surface area (Å²) in [6.07, 6.45) is -0.314. The molecule has 3 rings (SSSR count). The number of benzene rings is 1. The number of carbonyl (C=O) groups excluding carboxylic acids is 1. The summed E-state index contributed by atoms with van der Waals surface area (Å²) in [5.41, 5.74) is 0.0146. The van der Waals surface area contributed by atoms with Gasteiger partial charge in [-0.15, -0.1) is 0 Å². The molecule has 3 atom stereocenters. The molecule has 2 aliphatic rings. The summed E-state index contributed by atoms with van der Waals surface area (Å²) in [4.78, 5) is 18.3. The number of aliphatic imine (C=N–C) groups is 1. The van der Waals surface area contributed by atoms with Gasteiger partial charge in [0.1, 0.15) is 24.0 Å². The maximum Gasteiger partial charge on any atom is 0.397 e. The van der Waals surface area contributed by atoms with Crippen LogP contribution in [0.3, 0.4) is 0 Å². The maximum absolute atomic E-state index is 14.5. The number of amides is 1. The zero-order valence-electron chi connectivity index (χ0n) is 19.0. The van der Waals surface area contributed by atoms with Crippen LogP contribution in [0.2, 0.25) is 0 Å². The molecule has 1 fully saturated rings. The van der Waals surface area contributed by atoms with E-state index in [9.17, 15) is 30.8 Å². The van der Waals surface area contributed by atoms with Gasteiger partial charge in [-0.05, 0) is 51.3 Å². The molecule has 1 N–H and O–H groups in total. The van der Waals surface area contributed by atoms with Crippen molar-refractivity contribution in [3.63, 3.8) is 0 Å². The van der Waals surface area contributed by atoms with Crippen molar-refractivity contribution >= 4 is 21.8 Å². The second-order valence-corrected chi connectivity index (χ2v) is 10.4. The van der Waals surface area contributed by atoms with Crippen molar-refractivity contribution in [3.8, 4) is 5.75 Å². The van der Waals surface area contributed by atoms with Gasteiger partial charge in [-0.25, -0.2) is 17.5 Å². The lowest BCUT2D eigenvalue weighted by atomic mass is 9.98. The third-order valence-corrected chi connectivity index (χ3v) is 7.18. The van der Waals surface area contributed by atoms with Crippen molar-refractivity contribution in [2.45, 2.75) is 51.9 Å². The molecule has 0 bridgehead atoms. The smallest absolute Gasteiger partial charge is 0.397 e. The molecule has 1 aromatic rings. The van der Waals surface area contributed by atoms with Crippen LogP contribution in [0.5, 0.6) is 5.75 Å². The zero-order valence-corrected chi connectivity index (χ0v) is 19.8. The van der Waals surface area contributed by atoms with E-state index in [-0.39, 0.29) is 24.2 Å². The first-order valence-corrected chi connectivity index (χ1v) is 12.5. The van der Waals surface area contributed by atoms with Gasteiger partial charge in [-0.2, -0.15) is 13.2 Å². The van der Waals surface area contributed by atoms with Crippen molar-refractivity contribution in [1.29, 1.82) is 0 Å². The van der Waals surface area contributed by atoms with Crippen LogP contribution in [0, 0.1) is 18.7 Å². The average molecular weight is 506 g/mol. The van der Waals surface area contributed by atoms with Crippen LogP contribution >= 0.6 is 0 Å². The summed E-state index contributed by atoms with van der Waals surface area (Å²) in [5.74, 6) is -3.29. The molecule has 2 aliphatic heterocycles. The van der Waals surface area contributed by atoms with Crippen molar-refractivity contribution < 1.29 is 35.5 Å². The molecular weight excluding hydrogens is 478 g/mol. The van der Waals surface area contributed by atoms with Gasteiger partial charge in [0.05, 0.1) is 29.3 Å². The molecule has 34 heavy (non-hydrogen) atoms. The third-order valence-electron chi connectivity index (χ3n) is 5.93. The topological polar surface area (TPSA) is 88.1 Å². The number of carbonyl (C=O) groups is 1. The highest BCUT2D eigenvalue weighted by Gasteiger charge is 2.43. The van der Waals surface area contributed by atoms with E-state index in [1.165, 1.54) is 26.0 Å². The first-order chi connectivity index (χ1) is 15.8. The third kappa shape index (κ3) is 5.89. The SMILES string of the molecule is CCS(=O)(=O)NC(=O)c1cc(C)c(OC[C@H]2CCCN2C2=NC(C)C(C(F)(F)F)C=C2)cc1F. The van der Waals surface area contributed by atoms with Crippen molar-refractivity contribution in [1.82, 2.24) is 9.62 Å². The van der Waals surface area contributed by atoms with E-state index in [2.05, 4.69) is 4.99 Å². The molecule has 0 spiro atoms. The summed E-state index contributed by atoms with van der Waals surface area (Å²) in [6, 6.07) is 1.13. The molecule has 0 saturated carbocycles. The highest BCUT2D eigenvalue weighted by atomic mass is 32.2. The summed E-state index contributed by atoms with van der Waals surface area (Å²) in [5, 5.41) is 0. The van der Waals surface area contributed by atoms with E-state index in [1.807, 2.05) is 4.90 Å². The lowest BCUT2D eigenvalue weighted by molar-refractivity contribution is -0.165. The van der Waals surface area contributed by atoms with Crippen molar-refractivity contribution in [3.05, 3.63) is 41.2 Å². The molecule has 0 aliphatic carbocycles. The normalized spacial score (nSPS) is 23.1. The monoisotopic (exact) mass is 505 g/mol. The zero-order chi connectivity index (χ0) is 25.3. The fourth-order valence-corrected chi connectivity index (χ4v) is 4.53. The lowest BCUT2D eigenvalue weighted by Gasteiger charge is -2.31. The molecule has 188 valence electrons. The maximum atomic E-state index is 14.5. The average Bonchev–Trinajstić information content (AvgIpc) is 3.21. The highest BCUT2D eigenvalue weighted by molar-refractivity contribution is 7.90. The predicted octanol–water partition coefficient (Wildman–Crippen LogP) is 3.59. The van der Waals surface area contributed by atoms with E-state index < -0.39 is 45.4 Å². The van der Waals surface area contributed by atoms with Crippen LogP contribution in [0.25, 0.3) is 0 Å². The first kappa shape index (κ1) is 26.0. The number of dihydropyridines is 1. The second kappa shape index (κ2) is 9.93. The number of likely N-dealkylation sites (tertiary alicyclic amines) is 1. The molecule has 1 amide bonds. The van der Waals surface area contributed by atoms with Gasteiger partial charge in [-0.3, -0.25) is 9.79 Å². The number of sulfonamides is 1. The first-order valence-electron chi connectivity index (χ1n) is 10.9. The quantitative estimate of drug-likeness (QED) is 0.597. The number of rotatable bonds is 6. The van der Waals surface area contributed by atoms with Gasteiger partial charge in [0.2, 0.25) is 10.0 Å². The van der Waals surface area contributed by atoms with Gasteiger partial charge in [0, 0.05) is 12.6 Å². The predicted molar refractivity (Wildman–Crippen MR) is 119 cm³/mol. The lowest BCUT2D eigenvalue weighted by Crippen LogP contribution is -2.42. The van der Waals surface area contributed by atoms with Gasteiger partial charge < -0.3 is 9.64 Å². The number of amidine groups is 1. The molecule has 0 radical (unpaired) electrons. The number of hydrogen-bond donors (Lipinski definition) is 1. The van der Waals surface area contributed by atoms with Gasteiger partial charge >= 0.3 is 6.18 Å². The summed E-state index contributed by atoms with van der Waals surface area (Å²) >= 11 is 0. The van der Waals surface area contributed by atoms with Gasteiger partial charge in [0.15, 0.2) is 0 Å². The summed E-state index contributed by atoms with van der Waals surface area (Å²) in [6.45, 7) is 5.13. The van der Waals surface area contributed by atoms with E-state index in [0.717, 1.165) is 25.0 Å². The van der Waals surface area contributed by atoms with E-state index >= 15 is 0 Å². The minimum Gasteiger partial charge on any atom is -0.491 e. The number of halogens is 4. The van der Waals surface area contributed by atoms with Crippen LogP contribution < -0.4 is 9.46 Å². The molecule has 0 aromatic heterocycles. The molecule has 7 nitrogen and oxygen atoms in total. The largest absolute Gasteiger partial charge is 0.491 e. The number of alkyl halides is 3. The Morgan fingerprint density at radius 1 is 1.32 bits per heavy atom. The molecule has 1 aromatic carbocycles. The molecular formula is C22H27F4N3O4S. The number of nitrogens with zero attached hydrogens (tertiary/aromatic N) is 2. The highest BCUT2D eigenvalue weighted by Crippen LogP contribution is 2.34. The molecule has 1 saturated heterocycles. The van der Waals surface area contributed by atoms with Crippen LogP contribution in [0.4, 0.5) is 17.6 Å². The summed E-state index contributed by atoms with van der Waals surface area (Å²) in [7, 11) is -3.84. The van der Waals surface area contributed by atoms with E-state index in [1.54, 1.807) is 11.6 Å². The Labute approximate surface area is 195 Å². The van der Waals surface area contributed by atoms with Crippen LogP contribution in [-0.4, -0.2) is 62.2 Å². The van der Waals surface area contributed by atoms with Crippen molar-refractivity contribution in [2.75, 3.05) is 18.9 Å². The van der Waals surface area contributed by atoms with Gasteiger partial charge in [0.25, 0.3) is 5.91 Å². The van der Waals surface area contributed by atoms with Gasteiger partial charge in [-0.1, -0.05) is 6.08 Å². The standard InChI is InChI=1S/C22H27F4N3O4S/c1-4-34(31,32)28-21(30)16-10-13(2)19(11-18(16)23)33-12-15-6-5-9-29(15)20-8-7-17(14(3)27-20)22(24,25)26/h7-8,10-11,14-15,17H,4-6,9,12H2,1-3H3,(H,28,30)/t14?,15-,17?/m1/s1. The van der Waals surface area contributed by atoms with Crippen LogP contribution in [0.1, 0.15) is 42.6 Å². The summed E-state index contributed by atoms with van der Waals surface area (Å²) < 4.78 is 84.6. The Kier molecular flexibility index (Phi) is 7.59. The fraction of sp³-hybridized carbons (Fsp3) is 0.545. The van der Waals surface area contributed by atoms with E-state index in [0.29, 0.717) is 17.9 Å². The van der Waals surface area contributed by atoms with Crippen molar-refractivity contribution in [2.24, 2.45) is 10.9 Å². The number of aryl methyl sites for hydroxylation is 1. The number of nitrogens with one attached hydrogen (secondary N) is 1. The number of hydrogen-bond acceptors (Lipinski definition) is 6. The fourth-order valence-electron chi connectivity index (χ4n) is 3.99. The number of ether oxygens (including phenoxy) is 1. The minimum absolute atomic E-state index is 0.139. The second-order valence-electron chi connectivity index (χ2n) is 8.39.